The molecule has 0 aromatic carbocycles. The van der Waals surface area contributed by atoms with Crippen molar-refractivity contribution < 1.29 is 4.79 Å². The molecule has 1 saturated heterocycles. The third kappa shape index (κ3) is 2.35. The molecular formula is C12H15ClN2O. The Kier molecular flexibility index (Phi) is 3.78. The molecule has 0 N–H and O–H groups in total. The molecule has 1 aliphatic heterocycles. The number of amides is 1. The lowest BCUT2D eigenvalue weighted by atomic mass is 9.96. The summed E-state index contributed by atoms with van der Waals surface area (Å²) in [6.07, 6.45) is 6.82. The first-order chi connectivity index (χ1) is 7.83. The van der Waals surface area contributed by atoms with E-state index in [4.69, 9.17) is 11.6 Å². The Bertz CT molecular complexity index is 355. The number of aromatic nitrogens is 1. The van der Waals surface area contributed by atoms with Gasteiger partial charge in [0, 0.05) is 18.9 Å². The molecule has 1 fully saturated rings. The molecule has 1 atom stereocenters. The molecule has 1 aromatic rings. The van der Waals surface area contributed by atoms with Crippen molar-refractivity contribution in [2.24, 2.45) is 0 Å². The van der Waals surface area contributed by atoms with E-state index in [1.165, 1.54) is 0 Å². The van der Waals surface area contributed by atoms with E-state index in [1.54, 1.807) is 6.20 Å². The Labute approximate surface area is 100 Å². The smallest absolute Gasteiger partial charge is 0.238 e. The highest BCUT2D eigenvalue weighted by Crippen LogP contribution is 2.30. The summed E-state index contributed by atoms with van der Waals surface area (Å²) in [5.74, 6) is 0.0896. The SMILES string of the molecule is O=C(CCl)N1CCCC[C@H]1c1cccnc1. The summed E-state index contributed by atoms with van der Waals surface area (Å²) in [6.45, 7) is 0.811. The quantitative estimate of drug-likeness (QED) is 0.742. The summed E-state index contributed by atoms with van der Waals surface area (Å²) in [4.78, 5) is 17.7. The molecule has 86 valence electrons. The molecule has 3 nitrogen and oxygen atoms in total. The van der Waals surface area contributed by atoms with Crippen LogP contribution in [-0.4, -0.2) is 28.2 Å². The largest absolute Gasteiger partial charge is 0.335 e. The van der Waals surface area contributed by atoms with Crippen molar-refractivity contribution in [2.75, 3.05) is 12.4 Å². The second-order valence-corrected chi connectivity index (χ2v) is 4.29. The molecule has 1 amide bonds. The molecule has 1 aliphatic rings. The summed E-state index contributed by atoms with van der Waals surface area (Å²) in [5, 5.41) is 0. The van der Waals surface area contributed by atoms with Crippen LogP contribution in [-0.2, 0) is 4.79 Å². The van der Waals surface area contributed by atoms with Crippen LogP contribution in [0.5, 0.6) is 0 Å². The van der Waals surface area contributed by atoms with Gasteiger partial charge in [0.25, 0.3) is 0 Å². The minimum Gasteiger partial charge on any atom is -0.335 e. The Balaban J connectivity index is 2.20. The average molecular weight is 239 g/mol. The predicted octanol–water partition coefficient (Wildman–Crippen LogP) is 2.37. The van der Waals surface area contributed by atoms with Gasteiger partial charge in [-0.25, -0.2) is 0 Å². The van der Waals surface area contributed by atoms with Crippen molar-refractivity contribution in [2.45, 2.75) is 25.3 Å². The van der Waals surface area contributed by atoms with Crippen LogP contribution in [0.2, 0.25) is 0 Å². The Morgan fingerprint density at radius 3 is 3.12 bits per heavy atom. The van der Waals surface area contributed by atoms with Gasteiger partial charge in [0.2, 0.25) is 5.91 Å². The molecule has 1 aromatic heterocycles. The predicted molar refractivity (Wildman–Crippen MR) is 63.3 cm³/mol. The number of hydrogen-bond donors (Lipinski definition) is 0. The summed E-state index contributed by atoms with van der Waals surface area (Å²) < 4.78 is 0. The van der Waals surface area contributed by atoms with E-state index in [-0.39, 0.29) is 17.8 Å². The molecule has 0 spiro atoms. The molecule has 0 unspecified atom stereocenters. The van der Waals surface area contributed by atoms with Gasteiger partial charge in [-0.1, -0.05) is 6.07 Å². The molecule has 2 rings (SSSR count). The third-order valence-electron chi connectivity index (χ3n) is 3.01. The topological polar surface area (TPSA) is 33.2 Å². The lowest BCUT2D eigenvalue weighted by molar-refractivity contribution is -0.132. The van der Waals surface area contributed by atoms with Crippen molar-refractivity contribution in [1.82, 2.24) is 9.88 Å². The number of halogens is 1. The second kappa shape index (κ2) is 5.30. The fourth-order valence-electron chi connectivity index (χ4n) is 2.23. The third-order valence-corrected chi connectivity index (χ3v) is 3.24. The maximum Gasteiger partial charge on any atom is 0.238 e. The van der Waals surface area contributed by atoms with E-state index in [9.17, 15) is 4.79 Å². The first-order valence-corrected chi connectivity index (χ1v) is 6.11. The van der Waals surface area contributed by atoms with Gasteiger partial charge in [-0.05, 0) is 30.9 Å². The van der Waals surface area contributed by atoms with Crippen molar-refractivity contribution in [1.29, 1.82) is 0 Å². The number of alkyl halides is 1. The van der Waals surface area contributed by atoms with Gasteiger partial charge in [0.15, 0.2) is 0 Å². The van der Waals surface area contributed by atoms with Gasteiger partial charge in [-0.15, -0.1) is 11.6 Å². The highest BCUT2D eigenvalue weighted by Gasteiger charge is 2.27. The summed E-state index contributed by atoms with van der Waals surface area (Å²) in [5.41, 5.74) is 1.11. The van der Waals surface area contributed by atoms with E-state index in [0.717, 1.165) is 31.4 Å². The molecular weight excluding hydrogens is 224 g/mol. The van der Waals surface area contributed by atoms with Crippen LogP contribution < -0.4 is 0 Å². The van der Waals surface area contributed by atoms with Crippen LogP contribution >= 0.6 is 11.6 Å². The molecule has 16 heavy (non-hydrogen) atoms. The standard InChI is InChI=1S/C12H15ClN2O/c13-8-12(16)15-7-2-1-5-11(15)10-4-3-6-14-9-10/h3-4,6,9,11H,1-2,5,7-8H2/t11-/m0/s1. The van der Waals surface area contributed by atoms with Gasteiger partial charge in [-0.2, -0.15) is 0 Å². The van der Waals surface area contributed by atoms with Crippen LogP contribution in [0.3, 0.4) is 0 Å². The van der Waals surface area contributed by atoms with Crippen LogP contribution in [0, 0.1) is 0 Å². The van der Waals surface area contributed by atoms with Crippen molar-refractivity contribution >= 4 is 17.5 Å². The molecule has 0 bridgehead atoms. The lowest BCUT2D eigenvalue weighted by Gasteiger charge is -2.35. The zero-order valence-electron chi connectivity index (χ0n) is 9.10. The number of nitrogens with zero attached hydrogens (tertiary/aromatic N) is 2. The molecule has 0 radical (unpaired) electrons. The van der Waals surface area contributed by atoms with Gasteiger partial charge in [-0.3, -0.25) is 9.78 Å². The fraction of sp³-hybridized carbons (Fsp3) is 0.500. The molecule has 0 aliphatic carbocycles. The van der Waals surface area contributed by atoms with Crippen LogP contribution in [0.4, 0.5) is 0 Å². The maximum atomic E-state index is 11.7. The zero-order chi connectivity index (χ0) is 11.4. The zero-order valence-corrected chi connectivity index (χ0v) is 9.86. The van der Waals surface area contributed by atoms with Crippen molar-refractivity contribution in [3.63, 3.8) is 0 Å². The minimum absolute atomic E-state index is 0.0234. The fourth-order valence-corrected chi connectivity index (χ4v) is 2.38. The van der Waals surface area contributed by atoms with E-state index in [2.05, 4.69) is 4.98 Å². The minimum atomic E-state index is 0.0234. The number of carbonyl (C=O) groups is 1. The maximum absolute atomic E-state index is 11.7. The van der Waals surface area contributed by atoms with Gasteiger partial charge >= 0.3 is 0 Å². The lowest BCUT2D eigenvalue weighted by Crippen LogP contribution is -2.39. The van der Waals surface area contributed by atoms with Crippen molar-refractivity contribution in [3.8, 4) is 0 Å². The highest BCUT2D eigenvalue weighted by atomic mass is 35.5. The van der Waals surface area contributed by atoms with Crippen LogP contribution in [0.25, 0.3) is 0 Å². The second-order valence-electron chi connectivity index (χ2n) is 4.02. The van der Waals surface area contributed by atoms with Crippen molar-refractivity contribution in [3.05, 3.63) is 30.1 Å². The first-order valence-electron chi connectivity index (χ1n) is 5.58. The van der Waals surface area contributed by atoms with E-state index >= 15 is 0 Å². The van der Waals surface area contributed by atoms with E-state index < -0.39 is 0 Å². The Morgan fingerprint density at radius 1 is 1.56 bits per heavy atom. The van der Waals surface area contributed by atoms with Gasteiger partial charge < -0.3 is 4.90 Å². The number of carbonyl (C=O) groups excluding carboxylic acids is 1. The van der Waals surface area contributed by atoms with Crippen LogP contribution in [0.15, 0.2) is 24.5 Å². The number of likely N-dealkylation sites (tertiary alicyclic amines) is 1. The number of pyridine rings is 1. The van der Waals surface area contributed by atoms with E-state index in [1.807, 2.05) is 23.2 Å². The van der Waals surface area contributed by atoms with Crippen LogP contribution in [0.1, 0.15) is 30.9 Å². The van der Waals surface area contributed by atoms with E-state index in [0.29, 0.717) is 0 Å². The van der Waals surface area contributed by atoms with Gasteiger partial charge in [0.1, 0.15) is 5.88 Å². The molecule has 4 heteroatoms. The number of rotatable bonds is 2. The summed E-state index contributed by atoms with van der Waals surface area (Å²) in [6, 6.07) is 4.10. The van der Waals surface area contributed by atoms with Gasteiger partial charge in [0.05, 0.1) is 6.04 Å². The molecule has 2 heterocycles. The Hall–Kier alpha value is -1.09. The highest BCUT2D eigenvalue weighted by molar-refractivity contribution is 6.27. The summed E-state index contributed by atoms with van der Waals surface area (Å²) >= 11 is 5.63. The monoisotopic (exact) mass is 238 g/mol. The normalized spacial score (nSPS) is 20.8. The summed E-state index contributed by atoms with van der Waals surface area (Å²) in [7, 11) is 0. The first kappa shape index (κ1) is 11.4. The molecule has 0 saturated carbocycles. The average Bonchev–Trinajstić information content (AvgIpc) is 2.39. The Morgan fingerprint density at radius 2 is 2.44 bits per heavy atom. The number of hydrogen-bond acceptors (Lipinski definition) is 2. The number of piperidine rings is 1.